The lowest BCUT2D eigenvalue weighted by Crippen LogP contribution is -2.34. The fourth-order valence-electron chi connectivity index (χ4n) is 4.71. The third kappa shape index (κ3) is 3.66. The van der Waals surface area contributed by atoms with Gasteiger partial charge >= 0.3 is 11.9 Å². The molecule has 0 spiro atoms. The SMILES string of the molecule is CCOC(=O)C(C(=O)OCC)C(c1c(C)[nH]c2ccccc12)c1c(C)[nH]c2ccccc12. The molecule has 166 valence electrons. The average Bonchev–Trinajstić information content (AvgIpc) is 3.27. The molecule has 2 aromatic carbocycles. The topological polar surface area (TPSA) is 84.2 Å². The van der Waals surface area contributed by atoms with Crippen LogP contribution < -0.4 is 0 Å². The van der Waals surface area contributed by atoms with Gasteiger partial charge in [0.05, 0.1) is 13.2 Å². The summed E-state index contributed by atoms with van der Waals surface area (Å²) in [5.41, 5.74) is 5.51. The molecule has 0 aliphatic heterocycles. The molecule has 0 aliphatic rings. The van der Waals surface area contributed by atoms with Crippen LogP contribution in [0.4, 0.5) is 0 Å². The molecule has 6 heteroatoms. The lowest BCUT2D eigenvalue weighted by molar-refractivity contribution is -0.162. The summed E-state index contributed by atoms with van der Waals surface area (Å²) < 4.78 is 10.8. The van der Waals surface area contributed by atoms with Crippen LogP contribution in [0.5, 0.6) is 0 Å². The Morgan fingerprint density at radius 3 is 1.56 bits per heavy atom. The molecule has 0 aliphatic carbocycles. The van der Waals surface area contributed by atoms with E-state index in [-0.39, 0.29) is 13.2 Å². The summed E-state index contributed by atoms with van der Waals surface area (Å²) in [4.78, 5) is 33.3. The molecule has 0 saturated heterocycles. The summed E-state index contributed by atoms with van der Waals surface area (Å²) in [5.74, 6) is -2.87. The Morgan fingerprint density at radius 1 is 0.750 bits per heavy atom. The zero-order chi connectivity index (χ0) is 22.8. The number of benzene rings is 2. The first-order chi connectivity index (χ1) is 15.5. The number of esters is 2. The number of ether oxygens (including phenoxy) is 2. The predicted octanol–water partition coefficient (Wildman–Crippen LogP) is 5.14. The smallest absolute Gasteiger partial charge is 0.321 e. The number of aryl methyl sites for hydroxylation is 2. The highest BCUT2D eigenvalue weighted by Crippen LogP contribution is 2.43. The van der Waals surface area contributed by atoms with Crippen molar-refractivity contribution in [2.45, 2.75) is 33.6 Å². The van der Waals surface area contributed by atoms with Crippen LogP contribution in [-0.4, -0.2) is 35.1 Å². The van der Waals surface area contributed by atoms with E-state index < -0.39 is 23.8 Å². The molecular weight excluding hydrogens is 404 g/mol. The van der Waals surface area contributed by atoms with Gasteiger partial charge in [-0.2, -0.15) is 0 Å². The molecule has 2 N–H and O–H groups in total. The molecule has 2 aromatic heterocycles. The van der Waals surface area contributed by atoms with Crippen LogP contribution in [-0.2, 0) is 19.1 Å². The van der Waals surface area contributed by atoms with E-state index in [4.69, 9.17) is 9.47 Å². The minimum Gasteiger partial charge on any atom is -0.465 e. The maximum Gasteiger partial charge on any atom is 0.321 e. The number of fused-ring (bicyclic) bond motifs is 2. The molecule has 0 saturated carbocycles. The second kappa shape index (κ2) is 8.91. The number of carbonyl (C=O) groups excluding carboxylic acids is 2. The van der Waals surface area contributed by atoms with E-state index in [0.717, 1.165) is 44.3 Å². The molecule has 0 fully saturated rings. The van der Waals surface area contributed by atoms with E-state index in [0.29, 0.717) is 0 Å². The first kappa shape index (κ1) is 21.7. The Kier molecular flexibility index (Phi) is 6.04. The number of nitrogens with one attached hydrogen (secondary N) is 2. The van der Waals surface area contributed by atoms with Crippen molar-refractivity contribution in [3.8, 4) is 0 Å². The quantitative estimate of drug-likeness (QED) is 0.313. The maximum atomic E-state index is 13.2. The Bertz CT molecular complexity index is 1190. The molecular formula is C26H28N2O4. The van der Waals surface area contributed by atoms with E-state index in [1.54, 1.807) is 13.8 Å². The number of hydrogen-bond donors (Lipinski definition) is 2. The van der Waals surface area contributed by atoms with Gasteiger partial charge in [-0.1, -0.05) is 36.4 Å². The predicted molar refractivity (Wildman–Crippen MR) is 125 cm³/mol. The summed E-state index contributed by atoms with van der Waals surface area (Å²) in [6.45, 7) is 7.79. The van der Waals surface area contributed by atoms with Crippen LogP contribution in [0.25, 0.3) is 21.8 Å². The molecule has 6 nitrogen and oxygen atoms in total. The number of para-hydroxylation sites is 2. The highest BCUT2D eigenvalue weighted by molar-refractivity contribution is 6.00. The summed E-state index contributed by atoms with van der Waals surface area (Å²) >= 11 is 0. The Balaban J connectivity index is 2.06. The van der Waals surface area contributed by atoms with Gasteiger partial charge in [0.25, 0.3) is 0 Å². The lowest BCUT2D eigenvalue weighted by atomic mass is 9.78. The first-order valence-electron chi connectivity index (χ1n) is 11.0. The van der Waals surface area contributed by atoms with Gasteiger partial charge in [0.1, 0.15) is 0 Å². The fraction of sp³-hybridized carbons (Fsp3) is 0.308. The number of rotatable bonds is 7. The second-order valence-corrected chi connectivity index (χ2v) is 7.88. The van der Waals surface area contributed by atoms with Crippen molar-refractivity contribution in [1.82, 2.24) is 9.97 Å². The number of hydrogen-bond acceptors (Lipinski definition) is 4. The zero-order valence-corrected chi connectivity index (χ0v) is 18.8. The van der Waals surface area contributed by atoms with E-state index in [2.05, 4.69) is 9.97 Å². The van der Waals surface area contributed by atoms with E-state index >= 15 is 0 Å². The van der Waals surface area contributed by atoms with Gasteiger partial charge in [-0.05, 0) is 51.0 Å². The molecule has 0 radical (unpaired) electrons. The van der Waals surface area contributed by atoms with Gasteiger partial charge in [-0.25, -0.2) is 0 Å². The molecule has 0 unspecified atom stereocenters. The van der Waals surface area contributed by atoms with Crippen molar-refractivity contribution in [2.75, 3.05) is 13.2 Å². The number of aromatic amines is 2. The standard InChI is InChI=1S/C26H28N2O4/c1-5-31-25(29)24(26(30)32-6-2)23(21-15(3)27-19-13-9-7-11-17(19)21)22-16(4)28-20-14-10-8-12-18(20)22/h7-14,23-24,27-28H,5-6H2,1-4H3. The summed E-state index contributed by atoms with van der Waals surface area (Å²) in [7, 11) is 0. The molecule has 4 aromatic rings. The third-order valence-corrected chi connectivity index (χ3v) is 5.92. The molecule has 4 rings (SSSR count). The van der Waals surface area contributed by atoms with Gasteiger partial charge in [-0.15, -0.1) is 0 Å². The molecule has 2 heterocycles. The van der Waals surface area contributed by atoms with E-state index in [1.807, 2.05) is 62.4 Å². The zero-order valence-electron chi connectivity index (χ0n) is 18.8. The number of H-pyrrole nitrogens is 2. The van der Waals surface area contributed by atoms with Crippen LogP contribution in [0.3, 0.4) is 0 Å². The second-order valence-electron chi connectivity index (χ2n) is 7.88. The summed E-state index contributed by atoms with van der Waals surface area (Å²) in [6.07, 6.45) is 0. The molecule has 32 heavy (non-hydrogen) atoms. The van der Waals surface area contributed by atoms with Gasteiger partial charge in [0.2, 0.25) is 0 Å². The minimum atomic E-state index is -1.13. The minimum absolute atomic E-state index is 0.182. The van der Waals surface area contributed by atoms with Crippen molar-refractivity contribution in [3.63, 3.8) is 0 Å². The van der Waals surface area contributed by atoms with Crippen LogP contribution >= 0.6 is 0 Å². The van der Waals surface area contributed by atoms with Crippen molar-refractivity contribution in [1.29, 1.82) is 0 Å². The Hall–Kier alpha value is -3.54. The maximum absolute atomic E-state index is 13.2. The van der Waals surface area contributed by atoms with Crippen molar-refractivity contribution >= 4 is 33.7 Å². The van der Waals surface area contributed by atoms with Gasteiger partial charge in [0, 0.05) is 39.1 Å². The monoisotopic (exact) mass is 432 g/mol. The van der Waals surface area contributed by atoms with E-state index in [1.165, 1.54) is 0 Å². The van der Waals surface area contributed by atoms with Gasteiger partial charge in [0.15, 0.2) is 5.92 Å². The van der Waals surface area contributed by atoms with Crippen LogP contribution in [0.15, 0.2) is 48.5 Å². The molecule has 0 bridgehead atoms. The van der Waals surface area contributed by atoms with Gasteiger partial charge in [-0.3, -0.25) is 9.59 Å². The highest BCUT2D eigenvalue weighted by atomic mass is 16.6. The van der Waals surface area contributed by atoms with Crippen LogP contribution in [0.2, 0.25) is 0 Å². The van der Waals surface area contributed by atoms with Gasteiger partial charge < -0.3 is 19.4 Å². The third-order valence-electron chi connectivity index (χ3n) is 5.92. The average molecular weight is 433 g/mol. The van der Waals surface area contributed by atoms with Crippen LogP contribution in [0.1, 0.15) is 42.3 Å². The number of aromatic nitrogens is 2. The Morgan fingerprint density at radius 2 is 1.16 bits per heavy atom. The highest BCUT2D eigenvalue weighted by Gasteiger charge is 2.43. The van der Waals surface area contributed by atoms with Crippen molar-refractivity contribution in [3.05, 3.63) is 71.0 Å². The molecule has 0 atom stereocenters. The van der Waals surface area contributed by atoms with Crippen molar-refractivity contribution < 1.29 is 19.1 Å². The number of carbonyl (C=O) groups is 2. The van der Waals surface area contributed by atoms with Crippen molar-refractivity contribution in [2.24, 2.45) is 5.92 Å². The molecule has 0 amide bonds. The Labute approximate surface area is 186 Å². The fourth-order valence-corrected chi connectivity index (χ4v) is 4.71. The first-order valence-corrected chi connectivity index (χ1v) is 11.0. The van der Waals surface area contributed by atoms with Crippen LogP contribution in [0, 0.1) is 19.8 Å². The normalized spacial score (nSPS) is 11.6. The van der Waals surface area contributed by atoms with E-state index in [9.17, 15) is 9.59 Å². The lowest BCUT2D eigenvalue weighted by Gasteiger charge is -2.26. The largest absolute Gasteiger partial charge is 0.465 e. The summed E-state index contributed by atoms with van der Waals surface area (Å²) in [5, 5.41) is 1.94. The summed E-state index contributed by atoms with van der Waals surface area (Å²) in [6, 6.07) is 15.9.